The number of carbonyl (C=O) groups excluding carboxylic acids is 1. The van der Waals surface area contributed by atoms with Crippen molar-refractivity contribution in [3.05, 3.63) is 66.7 Å². The van der Waals surface area contributed by atoms with Crippen LogP contribution in [0.4, 0.5) is 5.69 Å². The van der Waals surface area contributed by atoms with E-state index in [1.165, 1.54) is 0 Å². The van der Waals surface area contributed by atoms with Gasteiger partial charge in [0.2, 0.25) is 0 Å². The van der Waals surface area contributed by atoms with Crippen LogP contribution in [-0.2, 0) is 0 Å². The Labute approximate surface area is 168 Å². The Hall–Kier alpha value is -1.74. The number of amides is 1. The van der Waals surface area contributed by atoms with E-state index in [1.807, 2.05) is 0 Å². The van der Waals surface area contributed by atoms with Crippen LogP contribution in [0.3, 0.4) is 0 Å². The fraction of sp³-hybridized carbons (Fsp3) is 0. The largest absolute Gasteiger partial charge is 2.00 e. The predicted molar refractivity (Wildman–Crippen MR) is 91.4 cm³/mol. The summed E-state index contributed by atoms with van der Waals surface area (Å²) < 4.78 is 5.82. The first-order chi connectivity index (χ1) is 10.5. The third-order valence-electron chi connectivity index (χ3n) is 3.10. The number of carbonyl (C=O) groups is 1. The molecule has 0 unspecified atom stereocenters. The van der Waals surface area contributed by atoms with Gasteiger partial charge in [-0.1, -0.05) is 17.2 Å². The molecule has 0 saturated heterocycles. The van der Waals surface area contributed by atoms with Crippen LogP contribution in [0.25, 0.3) is 10.9 Å². The third-order valence-corrected chi connectivity index (χ3v) is 3.43. The van der Waals surface area contributed by atoms with E-state index in [9.17, 15) is 4.79 Å². The first kappa shape index (κ1) is 20.3. The Morgan fingerprint density at radius 3 is 2.67 bits per heavy atom. The molecule has 0 fully saturated rings. The van der Waals surface area contributed by atoms with Crippen molar-refractivity contribution in [2.45, 2.75) is 0 Å². The van der Waals surface area contributed by atoms with Crippen molar-refractivity contribution in [2.24, 2.45) is 5.73 Å². The van der Waals surface area contributed by atoms with E-state index in [0.717, 1.165) is 0 Å². The summed E-state index contributed by atoms with van der Waals surface area (Å²) in [6.45, 7) is 0. The molecule has 7 heteroatoms. The molecule has 0 aliphatic heterocycles. The average molecular weight is 566 g/mol. The molecule has 0 spiro atoms. The fourth-order valence-electron chi connectivity index (χ4n) is 1.99. The minimum Gasteiger partial charge on any atom is -0.458 e. The zero-order valence-corrected chi connectivity index (χ0v) is 17.8. The smallest absolute Gasteiger partial charge is 0.458 e. The maximum atomic E-state index is 11.3. The number of nitrogen functional groups attached to an aromatic ring is 1. The van der Waals surface area contributed by atoms with Crippen molar-refractivity contribution < 1.29 is 40.6 Å². The monoisotopic (exact) mass is 565 g/mol. The van der Waals surface area contributed by atoms with E-state index in [1.54, 1.807) is 42.6 Å². The van der Waals surface area contributed by atoms with E-state index in [4.69, 9.17) is 27.8 Å². The molecule has 4 N–H and O–H groups in total. The summed E-state index contributed by atoms with van der Waals surface area (Å²) in [5.41, 5.74) is 12.3. The summed E-state index contributed by atoms with van der Waals surface area (Å²) in [5.74, 6) is 0.495. The summed E-state index contributed by atoms with van der Waals surface area (Å²) in [7, 11) is 0. The van der Waals surface area contributed by atoms with E-state index < -0.39 is 5.91 Å². The van der Waals surface area contributed by atoms with E-state index in [0.29, 0.717) is 33.1 Å². The number of rotatable bonds is 3. The van der Waals surface area contributed by atoms with Crippen LogP contribution in [0.15, 0.2) is 42.6 Å². The Morgan fingerprint density at radius 1 is 1.25 bits per heavy atom. The van der Waals surface area contributed by atoms with Gasteiger partial charge in [-0.3, -0.25) is 0 Å². The number of anilines is 1. The van der Waals surface area contributed by atoms with Gasteiger partial charge in [-0.15, -0.1) is 18.2 Å². The number of fused-ring (bicyclic) bond motifs is 1. The van der Waals surface area contributed by atoms with Crippen LogP contribution in [0.2, 0.25) is 5.02 Å². The Morgan fingerprint density at radius 2 is 2.00 bits per heavy atom. The van der Waals surface area contributed by atoms with Gasteiger partial charge in [0.1, 0.15) is 11.5 Å². The molecule has 1 amide bonds. The molecule has 2 aromatic carbocycles. The molecular weight excluding hydrogens is 552 g/mol. The van der Waals surface area contributed by atoms with Gasteiger partial charge in [0.25, 0.3) is 0 Å². The minimum atomic E-state index is -0.563. The Balaban J connectivity index is 0.00000144. The second-order valence-electron chi connectivity index (χ2n) is 4.60. The van der Waals surface area contributed by atoms with Crippen LogP contribution in [0.5, 0.6) is 11.5 Å². The molecule has 1 heterocycles. The summed E-state index contributed by atoms with van der Waals surface area (Å²) >= 11 is 5.98. The molecule has 0 bridgehead atoms. The van der Waals surface area contributed by atoms with Crippen molar-refractivity contribution in [1.82, 2.24) is 4.98 Å². The van der Waals surface area contributed by atoms with Crippen molar-refractivity contribution in [2.75, 3.05) is 5.73 Å². The maximum absolute atomic E-state index is 11.3. The molecule has 0 aliphatic rings. The van der Waals surface area contributed by atoms with Gasteiger partial charge in [0, 0.05) is 12.3 Å². The molecule has 24 heavy (non-hydrogen) atoms. The van der Waals surface area contributed by atoms with Gasteiger partial charge in [-0.2, -0.15) is 0 Å². The summed E-state index contributed by atoms with van der Waals surface area (Å²) in [6.07, 6.45) is 1.61. The number of primary amides is 1. The second-order valence-corrected chi connectivity index (χ2v) is 5.01. The maximum Gasteiger partial charge on any atom is 2.00 e. The normalized spacial score (nSPS) is 9.71. The third kappa shape index (κ3) is 4.21. The number of nitrogens with two attached hydrogens (primary N) is 2. The van der Waals surface area contributed by atoms with Crippen LogP contribution in [0, 0.1) is 44.6 Å². The van der Waals surface area contributed by atoms with Crippen LogP contribution >= 0.6 is 11.6 Å². The average Bonchev–Trinajstić information content (AvgIpc) is 2.51. The van der Waals surface area contributed by atoms with Crippen molar-refractivity contribution in [3.63, 3.8) is 0 Å². The number of aromatic nitrogens is 1. The van der Waals surface area contributed by atoms with Gasteiger partial charge in [-0.05, 0) is 29.1 Å². The zero-order valence-electron chi connectivity index (χ0n) is 12.8. The molecule has 0 radical (unpaired) electrons. The number of nitrogens with zero attached hydrogens (tertiary/aromatic N) is 1. The molecule has 3 rings (SSSR count). The quantitative estimate of drug-likeness (QED) is 0.375. The number of benzene rings is 2. The fourth-order valence-corrected chi connectivity index (χ4v) is 2.16. The SMILES string of the molecule is NC(=O)c1[c-]cc2nccc(Oc3ccc(N)c(Cl)c3)c2c1.[CH3-].[U+2]. The first-order valence-electron chi connectivity index (χ1n) is 6.38. The Kier molecular flexibility index (Phi) is 7.10. The number of pyridine rings is 1. The second kappa shape index (κ2) is 8.39. The number of hydrogen-bond acceptors (Lipinski definition) is 4. The van der Waals surface area contributed by atoms with Crippen molar-refractivity contribution >= 4 is 34.1 Å². The molecule has 0 saturated carbocycles. The summed E-state index contributed by atoms with van der Waals surface area (Å²) in [4.78, 5) is 15.5. The standard InChI is InChI=1S/C16H11ClN3O2.CH3.U/c17-12-8-10(2-3-13(12)18)22-15-5-6-20-14-4-1-9(16(19)21)7-11(14)15;;/h2-8H,18H2,(H2,19,21);1H3;/q2*-1;+2. The molecule has 0 atom stereocenters. The van der Waals surface area contributed by atoms with Gasteiger partial charge in [0.05, 0.1) is 10.7 Å². The van der Waals surface area contributed by atoms with E-state index in [2.05, 4.69) is 11.1 Å². The molecule has 3 aromatic rings. The van der Waals surface area contributed by atoms with Gasteiger partial charge >= 0.3 is 31.1 Å². The summed E-state index contributed by atoms with van der Waals surface area (Å²) in [6, 6.07) is 12.7. The molecule has 120 valence electrons. The predicted octanol–water partition coefficient (Wildman–Crippen LogP) is 3.61. The van der Waals surface area contributed by atoms with E-state index in [-0.39, 0.29) is 44.1 Å². The van der Waals surface area contributed by atoms with Gasteiger partial charge in [0.15, 0.2) is 5.91 Å². The first-order valence-corrected chi connectivity index (χ1v) is 6.75. The van der Waals surface area contributed by atoms with E-state index >= 15 is 0 Å². The van der Waals surface area contributed by atoms with Crippen LogP contribution in [-0.4, -0.2) is 10.9 Å². The van der Waals surface area contributed by atoms with Gasteiger partial charge < -0.3 is 33.4 Å². The zero-order chi connectivity index (χ0) is 15.7. The van der Waals surface area contributed by atoms with Crippen LogP contribution in [0.1, 0.15) is 10.4 Å². The molecule has 0 aliphatic carbocycles. The van der Waals surface area contributed by atoms with Crippen LogP contribution < -0.4 is 16.2 Å². The molecule has 5 nitrogen and oxygen atoms in total. The van der Waals surface area contributed by atoms with Crippen molar-refractivity contribution in [1.29, 1.82) is 0 Å². The minimum absolute atomic E-state index is 0. The summed E-state index contributed by atoms with van der Waals surface area (Å²) in [5, 5.41) is 1.06. The number of halogens is 1. The number of hydrogen-bond donors (Lipinski definition) is 2. The topological polar surface area (TPSA) is 91.2 Å². The van der Waals surface area contributed by atoms with Gasteiger partial charge in [-0.25, -0.2) is 0 Å². The molecule has 1 aromatic heterocycles. The number of ether oxygens (including phenoxy) is 1. The Bertz CT molecular complexity index is 887. The molecular formula is C17H14ClN3O2U. The van der Waals surface area contributed by atoms with Crippen molar-refractivity contribution in [3.8, 4) is 11.5 Å².